The summed E-state index contributed by atoms with van der Waals surface area (Å²) in [5.74, 6) is -2.25. The van der Waals surface area contributed by atoms with Gasteiger partial charge in [0, 0.05) is 12.1 Å². The van der Waals surface area contributed by atoms with Crippen molar-refractivity contribution >= 4 is 21.9 Å². The second-order valence-corrected chi connectivity index (χ2v) is 4.00. The molecule has 0 N–H and O–H groups in total. The van der Waals surface area contributed by atoms with Crippen LogP contribution in [0.3, 0.4) is 0 Å². The zero-order valence-corrected chi connectivity index (χ0v) is 10.9. The molecule has 0 saturated carbocycles. The fraction of sp³-hybridized carbons (Fsp3) is 0.364. The molecule has 94 valence electrons. The van der Waals surface area contributed by atoms with Crippen LogP contribution in [0.2, 0.25) is 0 Å². The molecule has 1 aromatic carbocycles. The lowest BCUT2D eigenvalue weighted by molar-refractivity contribution is -0.150. The minimum absolute atomic E-state index is 0.0324. The molecule has 1 rings (SSSR count). The van der Waals surface area contributed by atoms with Gasteiger partial charge in [0.15, 0.2) is 6.10 Å². The number of halogens is 3. The monoisotopic (exact) mass is 308 g/mol. The average Bonchev–Trinajstić information content (AvgIpc) is 2.25. The molecule has 0 aliphatic carbocycles. The minimum Gasteiger partial charge on any atom is -0.478 e. The van der Waals surface area contributed by atoms with Gasteiger partial charge in [-0.05, 0) is 29.8 Å². The van der Waals surface area contributed by atoms with Crippen LogP contribution in [-0.2, 0) is 9.53 Å². The van der Waals surface area contributed by atoms with Crippen molar-refractivity contribution in [1.29, 1.82) is 0 Å². The molecule has 1 unspecified atom stereocenters. The highest BCUT2D eigenvalue weighted by Crippen LogP contribution is 2.29. The second kappa shape index (κ2) is 5.95. The van der Waals surface area contributed by atoms with E-state index < -0.39 is 23.7 Å². The molecule has 1 atom stereocenters. The SMILES string of the molecule is CCOC(=O)C(C)Oc1cc(F)cc(F)c1Br. The smallest absolute Gasteiger partial charge is 0.347 e. The summed E-state index contributed by atoms with van der Waals surface area (Å²) in [7, 11) is 0. The van der Waals surface area contributed by atoms with Crippen molar-refractivity contribution in [3.8, 4) is 5.75 Å². The maximum Gasteiger partial charge on any atom is 0.347 e. The summed E-state index contributed by atoms with van der Waals surface area (Å²) < 4.78 is 35.9. The van der Waals surface area contributed by atoms with Gasteiger partial charge >= 0.3 is 5.97 Å². The van der Waals surface area contributed by atoms with E-state index in [0.29, 0.717) is 6.07 Å². The summed E-state index contributed by atoms with van der Waals surface area (Å²) in [5, 5.41) is 0. The van der Waals surface area contributed by atoms with E-state index in [4.69, 9.17) is 9.47 Å². The van der Waals surface area contributed by atoms with Gasteiger partial charge in [0.2, 0.25) is 0 Å². The van der Waals surface area contributed by atoms with Crippen molar-refractivity contribution in [3.63, 3.8) is 0 Å². The molecule has 17 heavy (non-hydrogen) atoms. The van der Waals surface area contributed by atoms with Crippen molar-refractivity contribution < 1.29 is 23.0 Å². The molecule has 0 bridgehead atoms. The molecule has 3 nitrogen and oxygen atoms in total. The van der Waals surface area contributed by atoms with E-state index in [1.54, 1.807) is 6.92 Å². The summed E-state index contributed by atoms with van der Waals surface area (Å²) in [6.45, 7) is 3.31. The Kier molecular flexibility index (Phi) is 4.86. The second-order valence-electron chi connectivity index (χ2n) is 3.21. The third kappa shape index (κ3) is 3.66. The minimum atomic E-state index is -0.938. The predicted octanol–water partition coefficient (Wildman–Crippen LogP) is 3.06. The number of hydrogen-bond donors (Lipinski definition) is 0. The van der Waals surface area contributed by atoms with Crippen LogP contribution < -0.4 is 4.74 Å². The molecule has 0 radical (unpaired) electrons. The third-order valence-corrected chi connectivity index (χ3v) is 2.65. The molecule has 0 spiro atoms. The van der Waals surface area contributed by atoms with Crippen molar-refractivity contribution in [2.45, 2.75) is 20.0 Å². The topological polar surface area (TPSA) is 35.5 Å². The lowest BCUT2D eigenvalue weighted by atomic mass is 10.3. The number of esters is 1. The average molecular weight is 309 g/mol. The van der Waals surface area contributed by atoms with Crippen LogP contribution in [-0.4, -0.2) is 18.7 Å². The largest absolute Gasteiger partial charge is 0.478 e. The van der Waals surface area contributed by atoms with Crippen LogP contribution in [0.15, 0.2) is 16.6 Å². The molecule has 0 aliphatic heterocycles. The van der Waals surface area contributed by atoms with Gasteiger partial charge in [0.05, 0.1) is 11.1 Å². The quantitative estimate of drug-likeness (QED) is 0.633. The van der Waals surface area contributed by atoms with E-state index in [0.717, 1.165) is 6.07 Å². The number of carbonyl (C=O) groups is 1. The standard InChI is InChI=1S/C11H11BrF2O3/c1-3-16-11(15)6(2)17-9-5-7(13)4-8(14)10(9)12/h4-6H,3H2,1-2H3. The highest BCUT2D eigenvalue weighted by atomic mass is 79.9. The van der Waals surface area contributed by atoms with Crippen LogP contribution in [0.5, 0.6) is 5.75 Å². The van der Waals surface area contributed by atoms with Crippen LogP contribution in [0, 0.1) is 11.6 Å². The van der Waals surface area contributed by atoms with Crippen LogP contribution in [0.4, 0.5) is 8.78 Å². The van der Waals surface area contributed by atoms with E-state index in [1.165, 1.54) is 6.92 Å². The Labute approximate surface area is 106 Å². The Hall–Kier alpha value is -1.17. The lowest BCUT2D eigenvalue weighted by Crippen LogP contribution is -2.26. The number of hydrogen-bond acceptors (Lipinski definition) is 3. The number of rotatable bonds is 4. The zero-order chi connectivity index (χ0) is 13.0. The van der Waals surface area contributed by atoms with Crippen molar-refractivity contribution in [1.82, 2.24) is 0 Å². The third-order valence-electron chi connectivity index (χ3n) is 1.88. The van der Waals surface area contributed by atoms with Crippen LogP contribution in [0.25, 0.3) is 0 Å². The molecule has 0 aromatic heterocycles. The maximum atomic E-state index is 13.2. The van der Waals surface area contributed by atoms with Gasteiger partial charge in [0.25, 0.3) is 0 Å². The number of carbonyl (C=O) groups excluding carboxylic acids is 1. The van der Waals surface area contributed by atoms with Gasteiger partial charge in [-0.1, -0.05) is 0 Å². The lowest BCUT2D eigenvalue weighted by Gasteiger charge is -2.14. The van der Waals surface area contributed by atoms with Gasteiger partial charge in [-0.15, -0.1) is 0 Å². The van der Waals surface area contributed by atoms with E-state index in [2.05, 4.69) is 15.9 Å². The molecule has 0 amide bonds. The molecule has 0 aliphatic rings. The van der Waals surface area contributed by atoms with Gasteiger partial charge in [-0.2, -0.15) is 0 Å². The molecule has 0 saturated heterocycles. The Morgan fingerprint density at radius 1 is 1.47 bits per heavy atom. The van der Waals surface area contributed by atoms with E-state index >= 15 is 0 Å². The molecule has 1 aromatic rings. The summed E-state index contributed by atoms with van der Waals surface area (Å²) in [6.07, 6.45) is -0.938. The Morgan fingerprint density at radius 2 is 2.12 bits per heavy atom. The van der Waals surface area contributed by atoms with E-state index in [1.807, 2.05) is 0 Å². The first-order valence-electron chi connectivity index (χ1n) is 4.93. The summed E-state index contributed by atoms with van der Waals surface area (Å²) in [4.78, 5) is 11.3. The highest BCUT2D eigenvalue weighted by Gasteiger charge is 2.19. The van der Waals surface area contributed by atoms with Crippen LogP contribution >= 0.6 is 15.9 Å². The summed E-state index contributed by atoms with van der Waals surface area (Å²) in [6, 6.07) is 1.70. The Morgan fingerprint density at radius 3 is 2.71 bits per heavy atom. The molecule has 0 fully saturated rings. The predicted molar refractivity (Wildman–Crippen MR) is 60.8 cm³/mol. The first-order chi connectivity index (χ1) is 7.95. The van der Waals surface area contributed by atoms with Crippen LogP contribution in [0.1, 0.15) is 13.8 Å². The molecular weight excluding hydrogens is 298 g/mol. The summed E-state index contributed by atoms with van der Waals surface area (Å²) in [5.41, 5.74) is 0. The molecule has 0 heterocycles. The molecular formula is C11H11BrF2O3. The van der Waals surface area contributed by atoms with Crippen molar-refractivity contribution in [2.24, 2.45) is 0 Å². The fourth-order valence-electron chi connectivity index (χ4n) is 1.12. The number of ether oxygens (including phenoxy) is 2. The first-order valence-corrected chi connectivity index (χ1v) is 5.72. The molecule has 6 heteroatoms. The van der Waals surface area contributed by atoms with Crippen molar-refractivity contribution in [2.75, 3.05) is 6.61 Å². The van der Waals surface area contributed by atoms with Crippen molar-refractivity contribution in [3.05, 3.63) is 28.2 Å². The summed E-state index contributed by atoms with van der Waals surface area (Å²) >= 11 is 2.91. The van der Waals surface area contributed by atoms with E-state index in [9.17, 15) is 13.6 Å². The highest BCUT2D eigenvalue weighted by molar-refractivity contribution is 9.10. The normalized spacial score (nSPS) is 12.1. The Balaban J connectivity index is 2.84. The Bertz CT molecular complexity index is 423. The van der Waals surface area contributed by atoms with Gasteiger partial charge in [-0.3, -0.25) is 0 Å². The van der Waals surface area contributed by atoms with Gasteiger partial charge < -0.3 is 9.47 Å². The van der Waals surface area contributed by atoms with E-state index in [-0.39, 0.29) is 16.8 Å². The maximum absolute atomic E-state index is 13.2. The van der Waals surface area contributed by atoms with Gasteiger partial charge in [0.1, 0.15) is 17.4 Å². The zero-order valence-electron chi connectivity index (χ0n) is 9.30. The van der Waals surface area contributed by atoms with Gasteiger partial charge in [-0.25, -0.2) is 13.6 Å². The first kappa shape index (κ1) is 13.9. The fourth-order valence-corrected chi connectivity index (χ4v) is 1.44. The number of benzene rings is 1.